The topological polar surface area (TPSA) is 74.8 Å². The Labute approximate surface area is 187 Å². The summed E-state index contributed by atoms with van der Waals surface area (Å²) in [6, 6.07) is 15.8. The number of benzene rings is 2. The molecule has 0 bridgehead atoms. The molecule has 0 spiro atoms. The second kappa shape index (κ2) is 9.92. The van der Waals surface area contributed by atoms with Gasteiger partial charge >= 0.3 is 0 Å². The van der Waals surface area contributed by atoms with Crippen LogP contribution < -0.4 is 5.32 Å². The van der Waals surface area contributed by atoms with Crippen molar-refractivity contribution in [2.24, 2.45) is 0 Å². The van der Waals surface area contributed by atoms with Crippen LogP contribution in [-0.4, -0.2) is 21.9 Å². The molecule has 0 saturated heterocycles. The normalized spacial score (nSPS) is 14.7. The minimum atomic E-state index is -0.756. The first-order valence-electron chi connectivity index (χ1n) is 10.8. The van der Waals surface area contributed by atoms with Gasteiger partial charge in [0.05, 0.1) is 0 Å². The minimum Gasteiger partial charge on any atom is -0.337 e. The van der Waals surface area contributed by atoms with Crippen molar-refractivity contribution in [2.75, 3.05) is 0 Å². The average Bonchev–Trinajstić information content (AvgIpc) is 3.14. The predicted octanol–water partition coefficient (Wildman–Crippen LogP) is 5.01. The molecule has 31 heavy (non-hydrogen) atoms. The van der Waals surface area contributed by atoms with E-state index in [1.54, 1.807) is 12.1 Å². The molecule has 3 aromatic rings. The lowest BCUT2D eigenvalue weighted by Crippen LogP contribution is -2.35. The zero-order chi connectivity index (χ0) is 21.6. The highest BCUT2D eigenvalue weighted by atomic mass is 35.5. The van der Waals surface area contributed by atoms with Gasteiger partial charge in [0.1, 0.15) is 6.04 Å². The predicted molar refractivity (Wildman–Crippen MR) is 121 cm³/mol. The molecule has 6 heteroatoms. The summed E-state index contributed by atoms with van der Waals surface area (Å²) >= 11 is 6.08. The number of amides is 1. The number of aromatic amines is 1. The average molecular weight is 436 g/mol. The Balaban J connectivity index is 1.58. The number of rotatable bonds is 6. The molecule has 1 aliphatic carbocycles. The van der Waals surface area contributed by atoms with Crippen molar-refractivity contribution in [3.05, 3.63) is 87.7 Å². The van der Waals surface area contributed by atoms with E-state index in [1.165, 1.54) is 6.42 Å². The number of ketones is 1. The first-order valence-corrected chi connectivity index (χ1v) is 11.2. The van der Waals surface area contributed by atoms with Gasteiger partial charge < -0.3 is 5.32 Å². The molecule has 0 fully saturated rings. The lowest BCUT2D eigenvalue weighted by Gasteiger charge is -2.18. The molecule has 4 rings (SSSR count). The summed E-state index contributed by atoms with van der Waals surface area (Å²) in [5, 5.41) is 10.9. The second-order valence-corrected chi connectivity index (χ2v) is 8.47. The number of hydrogen-bond donors (Lipinski definition) is 2. The number of H-pyrrole nitrogens is 1. The molecule has 0 radical (unpaired) electrons. The van der Waals surface area contributed by atoms with Crippen LogP contribution in [0.4, 0.5) is 0 Å². The maximum Gasteiger partial charge on any atom is 0.272 e. The van der Waals surface area contributed by atoms with E-state index in [-0.39, 0.29) is 18.1 Å². The van der Waals surface area contributed by atoms with Crippen molar-refractivity contribution in [3.63, 3.8) is 0 Å². The summed E-state index contributed by atoms with van der Waals surface area (Å²) in [7, 11) is 0. The van der Waals surface area contributed by atoms with Gasteiger partial charge in [0, 0.05) is 22.7 Å². The Bertz CT molecular complexity index is 1060. The van der Waals surface area contributed by atoms with E-state index in [1.807, 2.05) is 42.5 Å². The molecule has 1 aromatic heterocycles. The molecule has 2 N–H and O–H groups in total. The zero-order valence-corrected chi connectivity index (χ0v) is 18.1. The van der Waals surface area contributed by atoms with Crippen LogP contribution in [0.15, 0.2) is 54.6 Å². The van der Waals surface area contributed by atoms with Gasteiger partial charge in [0.25, 0.3) is 5.91 Å². The van der Waals surface area contributed by atoms with Gasteiger partial charge in [-0.2, -0.15) is 5.10 Å². The third-order valence-corrected chi connectivity index (χ3v) is 6.00. The van der Waals surface area contributed by atoms with Gasteiger partial charge in [-0.3, -0.25) is 14.7 Å². The van der Waals surface area contributed by atoms with E-state index in [2.05, 4.69) is 15.5 Å². The molecule has 0 saturated carbocycles. The Morgan fingerprint density at radius 3 is 2.55 bits per heavy atom. The number of nitrogens with one attached hydrogen (secondary N) is 2. The molecular weight excluding hydrogens is 410 g/mol. The van der Waals surface area contributed by atoms with Gasteiger partial charge in [-0.25, -0.2) is 0 Å². The van der Waals surface area contributed by atoms with E-state index in [0.717, 1.165) is 54.5 Å². The largest absolute Gasteiger partial charge is 0.337 e. The molecule has 0 unspecified atom stereocenters. The lowest BCUT2D eigenvalue weighted by molar-refractivity contribution is -0.120. The van der Waals surface area contributed by atoms with Crippen LogP contribution in [0.25, 0.3) is 0 Å². The zero-order valence-electron chi connectivity index (χ0n) is 17.4. The van der Waals surface area contributed by atoms with Crippen LogP contribution in [0.2, 0.25) is 5.02 Å². The molecule has 5 nitrogen and oxygen atoms in total. The summed E-state index contributed by atoms with van der Waals surface area (Å²) in [5.74, 6) is -0.411. The standard InChI is InChI=1S/C25H26ClN3O2/c26-19-12-8-9-17(15-19)16-22(30)23(18-10-4-3-5-11-18)27-25(31)24-20-13-6-1-2-7-14-21(20)28-29-24/h3-5,8-12,15,23H,1-2,6-7,13-14,16H2,(H,27,31)(H,28,29)/t23-/m0/s1. The number of halogens is 1. The fourth-order valence-electron chi connectivity index (χ4n) is 4.17. The monoisotopic (exact) mass is 435 g/mol. The molecule has 2 aromatic carbocycles. The molecule has 1 aliphatic rings. The van der Waals surface area contributed by atoms with Crippen LogP contribution in [0.1, 0.15) is 64.6 Å². The van der Waals surface area contributed by atoms with Gasteiger partial charge in [-0.05, 0) is 48.9 Å². The van der Waals surface area contributed by atoms with Crippen LogP contribution in [0, 0.1) is 0 Å². The van der Waals surface area contributed by atoms with Gasteiger partial charge in [0.2, 0.25) is 0 Å². The van der Waals surface area contributed by atoms with Crippen LogP contribution in [0.3, 0.4) is 0 Å². The molecule has 1 heterocycles. The van der Waals surface area contributed by atoms with E-state index in [0.29, 0.717) is 10.7 Å². The van der Waals surface area contributed by atoms with Crippen molar-refractivity contribution < 1.29 is 9.59 Å². The molecule has 160 valence electrons. The number of fused-ring (bicyclic) bond motifs is 1. The second-order valence-electron chi connectivity index (χ2n) is 8.03. The summed E-state index contributed by atoms with van der Waals surface area (Å²) in [5.41, 5.74) is 4.02. The maximum absolute atomic E-state index is 13.2. The third kappa shape index (κ3) is 5.23. The number of nitrogens with zero attached hydrogens (tertiary/aromatic N) is 1. The van der Waals surface area contributed by atoms with Gasteiger partial charge in [-0.1, -0.05) is 66.9 Å². The highest BCUT2D eigenvalue weighted by Crippen LogP contribution is 2.23. The third-order valence-electron chi connectivity index (χ3n) is 5.77. The number of Topliss-reactive ketones (excluding diaryl/α,β-unsaturated/α-hetero) is 1. The first kappa shape index (κ1) is 21.3. The van der Waals surface area contributed by atoms with Crippen LogP contribution >= 0.6 is 11.6 Å². The summed E-state index contributed by atoms with van der Waals surface area (Å²) in [6.45, 7) is 0. The molecule has 0 aliphatic heterocycles. The smallest absolute Gasteiger partial charge is 0.272 e. The molecular formula is C25H26ClN3O2. The SMILES string of the molecule is O=C(N[C@H](C(=O)Cc1cccc(Cl)c1)c1ccccc1)c1n[nH]c2c1CCCCCC2. The van der Waals surface area contributed by atoms with E-state index >= 15 is 0 Å². The quantitative estimate of drug-likeness (QED) is 0.571. The summed E-state index contributed by atoms with van der Waals surface area (Å²) < 4.78 is 0. The molecule has 1 atom stereocenters. The Kier molecular flexibility index (Phi) is 6.82. The number of carbonyl (C=O) groups is 2. The van der Waals surface area contributed by atoms with E-state index in [4.69, 9.17) is 11.6 Å². The maximum atomic E-state index is 13.2. The summed E-state index contributed by atoms with van der Waals surface area (Å²) in [4.78, 5) is 26.4. The van der Waals surface area contributed by atoms with Crippen LogP contribution in [0.5, 0.6) is 0 Å². The van der Waals surface area contributed by atoms with E-state index < -0.39 is 6.04 Å². The number of carbonyl (C=O) groups excluding carboxylic acids is 2. The lowest BCUT2D eigenvalue weighted by atomic mass is 9.95. The van der Waals surface area contributed by atoms with Crippen molar-refractivity contribution in [1.29, 1.82) is 0 Å². The summed E-state index contributed by atoms with van der Waals surface area (Å²) in [6.07, 6.45) is 6.43. The number of aryl methyl sites for hydroxylation is 1. The number of hydrogen-bond acceptors (Lipinski definition) is 3. The first-order chi connectivity index (χ1) is 15.1. The molecule has 1 amide bonds. The highest BCUT2D eigenvalue weighted by Gasteiger charge is 2.27. The minimum absolute atomic E-state index is 0.0970. The van der Waals surface area contributed by atoms with Gasteiger partial charge in [-0.15, -0.1) is 0 Å². The fourth-order valence-corrected chi connectivity index (χ4v) is 4.38. The Morgan fingerprint density at radius 2 is 1.77 bits per heavy atom. The van der Waals surface area contributed by atoms with Crippen molar-refractivity contribution in [3.8, 4) is 0 Å². The van der Waals surface area contributed by atoms with Gasteiger partial charge in [0.15, 0.2) is 11.5 Å². The highest BCUT2D eigenvalue weighted by molar-refractivity contribution is 6.30. The fraction of sp³-hybridized carbons (Fsp3) is 0.320. The number of aromatic nitrogens is 2. The van der Waals surface area contributed by atoms with Crippen LogP contribution in [-0.2, 0) is 24.1 Å². The Morgan fingerprint density at radius 1 is 1.00 bits per heavy atom. The van der Waals surface area contributed by atoms with Crippen molar-refractivity contribution in [1.82, 2.24) is 15.5 Å². The Hall–Kier alpha value is -2.92. The van der Waals surface area contributed by atoms with E-state index in [9.17, 15) is 9.59 Å². The van der Waals surface area contributed by atoms with Crippen molar-refractivity contribution in [2.45, 2.75) is 51.0 Å². The van der Waals surface area contributed by atoms with Crippen molar-refractivity contribution >= 4 is 23.3 Å².